The van der Waals surface area contributed by atoms with Crippen molar-refractivity contribution in [3.8, 4) is 0 Å². The summed E-state index contributed by atoms with van der Waals surface area (Å²) in [5, 5.41) is 20.3. The summed E-state index contributed by atoms with van der Waals surface area (Å²) in [6.07, 6.45) is 1.37. The van der Waals surface area contributed by atoms with Crippen LogP contribution in [0.1, 0.15) is 22.8 Å². The number of aliphatic hydroxyl groups excluding tert-OH is 2. The molecule has 12 heteroatoms. The Labute approximate surface area is 186 Å². The summed E-state index contributed by atoms with van der Waals surface area (Å²) in [7, 11) is 0. The van der Waals surface area contributed by atoms with Crippen molar-refractivity contribution in [1.29, 1.82) is 0 Å². The molecule has 0 atom stereocenters. The first-order valence-corrected chi connectivity index (χ1v) is 11.5. The third kappa shape index (κ3) is 6.59. The lowest BCUT2D eigenvalue weighted by Crippen LogP contribution is -2.32. The molecule has 0 fully saturated rings. The topological polar surface area (TPSA) is 111 Å². The van der Waals surface area contributed by atoms with Crippen molar-refractivity contribution >= 4 is 42.2 Å². The van der Waals surface area contributed by atoms with E-state index in [1.54, 1.807) is 4.08 Å². The van der Waals surface area contributed by atoms with Gasteiger partial charge in [-0.05, 0) is 16.2 Å². The Morgan fingerprint density at radius 3 is 2.55 bits per heavy atom. The summed E-state index contributed by atoms with van der Waals surface area (Å²) in [6, 6.07) is 1.01. The zero-order valence-corrected chi connectivity index (χ0v) is 18.6. The van der Waals surface area contributed by atoms with Gasteiger partial charge in [-0.2, -0.15) is 0 Å². The molecule has 0 aliphatic carbocycles. The molecule has 0 bridgehead atoms. The molecule has 0 spiro atoms. The van der Waals surface area contributed by atoms with Crippen LogP contribution in [0.25, 0.3) is 0 Å². The van der Waals surface area contributed by atoms with Gasteiger partial charge in [0.2, 0.25) is 5.91 Å². The van der Waals surface area contributed by atoms with Crippen molar-refractivity contribution in [2.24, 2.45) is 0 Å². The fourth-order valence-corrected chi connectivity index (χ4v) is 3.98. The molecule has 0 saturated carbocycles. The third-order valence-corrected chi connectivity index (χ3v) is 5.72. The van der Waals surface area contributed by atoms with Crippen molar-refractivity contribution in [3.05, 3.63) is 50.5 Å². The van der Waals surface area contributed by atoms with Crippen LogP contribution in [-0.4, -0.2) is 57.3 Å². The predicted molar refractivity (Wildman–Crippen MR) is 116 cm³/mol. The predicted octanol–water partition coefficient (Wildman–Crippen LogP) is 1.85. The van der Waals surface area contributed by atoms with E-state index in [2.05, 4.69) is 5.32 Å². The minimum absolute atomic E-state index is 0.126. The fourth-order valence-electron chi connectivity index (χ4n) is 2.55. The number of nitrogens with one attached hydrogen (secondary N) is 2. The summed E-state index contributed by atoms with van der Waals surface area (Å²) in [5.74, 6) is -4.92. The number of amides is 2. The zero-order valence-electron chi connectivity index (χ0n) is 16.4. The molecule has 2 amide bonds. The van der Waals surface area contributed by atoms with Crippen LogP contribution < -0.4 is 10.8 Å². The number of carbonyl (C=O) groups excluding carboxylic acids is 2. The maximum absolute atomic E-state index is 15.0. The second kappa shape index (κ2) is 11.9. The fraction of sp³-hybridized carbons (Fsp3) is 0.316. The molecule has 0 aromatic heterocycles. The number of benzene rings is 1. The minimum Gasteiger partial charge on any atom is -0.395 e. The number of carbonyl (C=O) groups is 2. The van der Waals surface area contributed by atoms with Gasteiger partial charge >= 0.3 is 0 Å². The molecule has 2 rings (SSSR count). The monoisotopic (exact) mass is 555 g/mol. The Kier molecular flexibility index (Phi) is 9.61. The van der Waals surface area contributed by atoms with Gasteiger partial charge < -0.3 is 20.4 Å². The van der Waals surface area contributed by atoms with Crippen molar-refractivity contribution in [1.82, 2.24) is 10.4 Å². The van der Waals surface area contributed by atoms with Crippen LogP contribution in [0.15, 0.2) is 27.7 Å². The Balaban J connectivity index is 2.51. The Morgan fingerprint density at radius 2 is 1.94 bits per heavy atom. The van der Waals surface area contributed by atoms with Crippen LogP contribution >= 0.6 is 20.7 Å². The van der Waals surface area contributed by atoms with E-state index in [4.69, 9.17) is 15.1 Å². The first kappa shape index (κ1) is 25.0. The molecule has 1 aromatic rings. The summed E-state index contributed by atoms with van der Waals surface area (Å²) >= 11 is -0.627. The van der Waals surface area contributed by atoms with Crippen LogP contribution in [-0.2, 0) is 16.2 Å². The number of nitrogens with zero attached hydrogens (tertiary/aromatic N) is 1. The van der Waals surface area contributed by atoms with Gasteiger partial charge in [0.05, 0.1) is 36.8 Å². The number of hydrogen-bond donors (Lipinski definition) is 4. The van der Waals surface area contributed by atoms with Crippen LogP contribution in [0.5, 0.6) is 0 Å². The van der Waals surface area contributed by atoms with Crippen molar-refractivity contribution in [3.63, 3.8) is 0 Å². The molecule has 0 saturated heterocycles. The molecule has 4 N–H and O–H groups in total. The average molecular weight is 555 g/mol. The lowest BCUT2D eigenvalue weighted by Gasteiger charge is -2.22. The highest BCUT2D eigenvalue weighted by molar-refractivity contribution is 14.2. The smallest absolute Gasteiger partial charge is 0.277 e. The first-order valence-electron chi connectivity index (χ1n) is 8.98. The number of hydroxylamine groups is 1. The maximum Gasteiger partial charge on any atom is 0.277 e. The van der Waals surface area contributed by atoms with E-state index in [1.165, 1.54) is 17.0 Å². The summed E-state index contributed by atoms with van der Waals surface area (Å²) in [6.45, 7) is -0.387. The Bertz CT molecular complexity index is 937. The number of allylic oxidation sites excluding steroid dienone is 2. The summed E-state index contributed by atoms with van der Waals surface area (Å²) in [4.78, 5) is 30.0. The molecule has 1 aliphatic heterocycles. The molecule has 0 radical (unpaired) electrons. The number of aliphatic hydroxyl groups is 2. The number of rotatable bonds is 10. The lowest BCUT2D eigenvalue weighted by molar-refractivity contribution is -0.130. The highest BCUT2D eigenvalue weighted by atomic mass is 127. The van der Waals surface area contributed by atoms with E-state index in [-0.39, 0.29) is 24.4 Å². The van der Waals surface area contributed by atoms with Crippen LogP contribution in [0.4, 0.5) is 18.9 Å². The van der Waals surface area contributed by atoms with E-state index in [9.17, 15) is 22.8 Å². The zero-order chi connectivity index (χ0) is 23.0. The standard InChI is InChI=1S/C19H21F3IN3O5/c1-11(29)26(4-5-27)10-12-8-13(19(30)25-31-7-6-28)18(17(22)16(12)21)24-15-2-3-23-9-14(15)20/h2-3,8-9,24,27-28H,4-7,10H2,1H3,(H,25,30). The highest BCUT2D eigenvalue weighted by Gasteiger charge is 2.25. The van der Waals surface area contributed by atoms with Gasteiger partial charge in [0.1, 0.15) is 0 Å². The van der Waals surface area contributed by atoms with Gasteiger partial charge in [-0.15, -0.1) is 0 Å². The van der Waals surface area contributed by atoms with E-state index in [0.717, 1.165) is 11.0 Å². The largest absolute Gasteiger partial charge is 0.395 e. The molecule has 170 valence electrons. The van der Waals surface area contributed by atoms with Gasteiger partial charge in [-0.3, -0.25) is 14.4 Å². The molecular weight excluding hydrogens is 534 g/mol. The molecule has 1 aromatic carbocycles. The maximum atomic E-state index is 15.0. The van der Waals surface area contributed by atoms with Crippen molar-refractivity contribution in [2.75, 3.05) is 31.7 Å². The highest BCUT2D eigenvalue weighted by Crippen LogP contribution is 2.30. The molecule has 1 aliphatic rings. The molecular formula is C19H21F3IN3O5. The number of hydrogen-bond acceptors (Lipinski definition) is 6. The lowest BCUT2D eigenvalue weighted by atomic mass is 10.0. The normalized spacial score (nSPS) is 13.1. The third-order valence-electron chi connectivity index (χ3n) is 4.04. The van der Waals surface area contributed by atoms with E-state index in [0.29, 0.717) is 0 Å². The number of halogens is 4. The Hall–Kier alpha value is -2.29. The van der Waals surface area contributed by atoms with Gasteiger partial charge in [-0.25, -0.2) is 18.7 Å². The van der Waals surface area contributed by atoms with Gasteiger partial charge in [-0.1, -0.05) is 20.7 Å². The van der Waals surface area contributed by atoms with Gasteiger partial charge in [0.25, 0.3) is 5.91 Å². The van der Waals surface area contributed by atoms with E-state index in [1.807, 2.05) is 5.48 Å². The molecule has 8 nitrogen and oxygen atoms in total. The molecule has 0 unspecified atom stereocenters. The SMILES string of the molecule is CC(=O)N(CCO)Cc1cc(C(=O)NOCCO)c(NC2=C(F)C=IC=C2)c(F)c1F. The van der Waals surface area contributed by atoms with Crippen molar-refractivity contribution in [2.45, 2.75) is 13.5 Å². The van der Waals surface area contributed by atoms with E-state index < -0.39 is 81.0 Å². The Morgan fingerprint density at radius 1 is 1.19 bits per heavy atom. The van der Waals surface area contributed by atoms with Crippen LogP contribution in [0, 0.1) is 11.6 Å². The van der Waals surface area contributed by atoms with Crippen molar-refractivity contribution < 1.29 is 37.8 Å². The minimum atomic E-state index is -1.45. The van der Waals surface area contributed by atoms with Crippen LogP contribution in [0.3, 0.4) is 0 Å². The molecule has 31 heavy (non-hydrogen) atoms. The first-order chi connectivity index (χ1) is 14.8. The van der Waals surface area contributed by atoms with Crippen LogP contribution in [0.2, 0.25) is 0 Å². The second-order valence-electron chi connectivity index (χ2n) is 6.17. The summed E-state index contributed by atoms with van der Waals surface area (Å²) < 4.78 is 46.8. The number of anilines is 1. The summed E-state index contributed by atoms with van der Waals surface area (Å²) in [5.41, 5.74) is 0.483. The average Bonchev–Trinajstić information content (AvgIpc) is 2.74. The second-order valence-corrected chi connectivity index (χ2v) is 8.23. The van der Waals surface area contributed by atoms with Gasteiger partial charge in [0.15, 0.2) is 17.5 Å². The van der Waals surface area contributed by atoms with E-state index >= 15 is 0 Å². The van der Waals surface area contributed by atoms with Gasteiger partial charge in [0, 0.05) is 29.6 Å². The molecule has 1 heterocycles. The quantitative estimate of drug-likeness (QED) is 0.199.